The van der Waals surface area contributed by atoms with E-state index < -0.39 is 5.97 Å². The minimum Gasteiger partial charge on any atom is -0.490 e. The second-order valence-corrected chi connectivity index (χ2v) is 10.5. The van der Waals surface area contributed by atoms with Crippen molar-refractivity contribution in [1.82, 2.24) is 4.90 Å². The van der Waals surface area contributed by atoms with E-state index in [4.69, 9.17) is 26.8 Å². The summed E-state index contributed by atoms with van der Waals surface area (Å²) < 4.78 is 13.9. The van der Waals surface area contributed by atoms with Gasteiger partial charge in [0.15, 0.2) is 11.5 Å². The molecule has 3 rings (SSSR count). The Morgan fingerprint density at radius 1 is 1.24 bits per heavy atom. The van der Waals surface area contributed by atoms with Gasteiger partial charge in [-0.3, -0.25) is 14.5 Å². The average molecular weight is 615 g/mol. The van der Waals surface area contributed by atoms with E-state index in [2.05, 4.69) is 31.9 Å². The first-order valence-corrected chi connectivity index (χ1v) is 12.9. The van der Waals surface area contributed by atoms with Gasteiger partial charge in [0.05, 0.1) is 16.0 Å². The van der Waals surface area contributed by atoms with Crippen LogP contribution in [0.5, 0.6) is 11.5 Å². The highest BCUT2D eigenvalue weighted by Crippen LogP contribution is 2.40. The molecular weight excluding hydrogens is 594 g/mol. The lowest BCUT2D eigenvalue weighted by Gasteiger charge is -2.15. The Hall–Kier alpha value is -1.88. The number of aliphatic carboxylic acids is 1. The SMILES string of the molecule is CCOc1cc(/C=C2/SC(=S)N(CCCC(=O)O)C2=O)cc(Br)c1OCc1cccc(Br)c1. The fraction of sp³-hybridized carbons (Fsp3) is 0.261. The summed E-state index contributed by atoms with van der Waals surface area (Å²) in [6.07, 6.45) is 2.09. The van der Waals surface area contributed by atoms with Gasteiger partial charge in [-0.25, -0.2) is 0 Å². The molecule has 1 aliphatic rings. The summed E-state index contributed by atoms with van der Waals surface area (Å²) in [6.45, 7) is 2.99. The summed E-state index contributed by atoms with van der Waals surface area (Å²) in [6, 6.07) is 11.5. The Bertz CT molecular complexity index is 1110. The zero-order chi connectivity index (χ0) is 24.0. The molecule has 10 heteroatoms. The zero-order valence-electron chi connectivity index (χ0n) is 17.7. The van der Waals surface area contributed by atoms with E-state index in [0.29, 0.717) is 44.8 Å². The Balaban J connectivity index is 1.79. The summed E-state index contributed by atoms with van der Waals surface area (Å²) in [5.41, 5.74) is 1.76. The van der Waals surface area contributed by atoms with Crippen LogP contribution in [0.1, 0.15) is 30.9 Å². The molecule has 0 radical (unpaired) electrons. The van der Waals surface area contributed by atoms with Crippen LogP contribution >= 0.6 is 55.8 Å². The quantitative estimate of drug-likeness (QED) is 0.250. The molecule has 0 aliphatic carbocycles. The molecule has 1 amide bonds. The number of carboxylic acid groups (broad SMARTS) is 1. The van der Waals surface area contributed by atoms with Crippen molar-refractivity contribution in [2.45, 2.75) is 26.4 Å². The number of carbonyl (C=O) groups is 2. The summed E-state index contributed by atoms with van der Waals surface area (Å²) in [5.74, 6) is 0.0196. The summed E-state index contributed by atoms with van der Waals surface area (Å²) >= 11 is 13.5. The maximum Gasteiger partial charge on any atom is 0.303 e. The van der Waals surface area contributed by atoms with Crippen molar-refractivity contribution >= 4 is 78.1 Å². The number of carbonyl (C=O) groups excluding carboxylic acids is 1. The summed E-state index contributed by atoms with van der Waals surface area (Å²) in [5, 5.41) is 8.82. The monoisotopic (exact) mass is 613 g/mol. The summed E-state index contributed by atoms with van der Waals surface area (Å²) in [4.78, 5) is 25.4. The van der Waals surface area contributed by atoms with E-state index in [1.807, 2.05) is 43.3 Å². The molecule has 33 heavy (non-hydrogen) atoms. The van der Waals surface area contributed by atoms with Gasteiger partial charge in [-0.15, -0.1) is 0 Å². The lowest BCUT2D eigenvalue weighted by atomic mass is 10.1. The van der Waals surface area contributed by atoms with Crippen molar-refractivity contribution in [2.75, 3.05) is 13.2 Å². The van der Waals surface area contributed by atoms with Gasteiger partial charge in [-0.1, -0.05) is 52.0 Å². The lowest BCUT2D eigenvalue weighted by Crippen LogP contribution is -2.29. The molecular formula is C23H21Br2NO5S2. The molecule has 1 heterocycles. The predicted molar refractivity (Wildman–Crippen MR) is 141 cm³/mol. The van der Waals surface area contributed by atoms with Gasteiger partial charge >= 0.3 is 5.97 Å². The number of amides is 1. The third-order valence-corrected chi connectivity index (χ3v) is 7.01. The Kier molecular flexibility index (Phi) is 9.37. The third kappa shape index (κ3) is 7.05. The topological polar surface area (TPSA) is 76.1 Å². The van der Waals surface area contributed by atoms with Crippen molar-refractivity contribution in [3.63, 3.8) is 0 Å². The molecule has 0 unspecified atom stereocenters. The number of rotatable bonds is 10. The zero-order valence-corrected chi connectivity index (χ0v) is 22.5. The number of benzene rings is 2. The molecule has 0 atom stereocenters. The molecule has 0 spiro atoms. The standard InChI is InChI=1S/C23H21Br2NO5S2/c1-2-30-18-11-15(10-17(25)21(18)31-13-14-5-3-6-16(24)9-14)12-19-22(29)26(23(32)33-19)8-4-7-20(27)28/h3,5-6,9-12H,2,4,7-8,13H2,1H3,(H,27,28)/b19-12+. The van der Waals surface area contributed by atoms with E-state index in [-0.39, 0.29) is 18.9 Å². The molecule has 0 bridgehead atoms. The van der Waals surface area contributed by atoms with E-state index in [1.54, 1.807) is 6.08 Å². The molecule has 1 aliphatic heterocycles. The first-order chi connectivity index (χ1) is 15.8. The maximum absolute atomic E-state index is 12.8. The van der Waals surface area contributed by atoms with Crippen LogP contribution in [0.3, 0.4) is 0 Å². The Morgan fingerprint density at radius 3 is 2.73 bits per heavy atom. The average Bonchev–Trinajstić information content (AvgIpc) is 3.00. The van der Waals surface area contributed by atoms with E-state index >= 15 is 0 Å². The largest absolute Gasteiger partial charge is 0.490 e. The normalized spacial score (nSPS) is 14.8. The van der Waals surface area contributed by atoms with Gasteiger partial charge in [-0.2, -0.15) is 0 Å². The first kappa shape index (κ1) is 25.7. The van der Waals surface area contributed by atoms with Crippen molar-refractivity contribution in [2.24, 2.45) is 0 Å². The van der Waals surface area contributed by atoms with E-state index in [9.17, 15) is 9.59 Å². The number of nitrogens with zero attached hydrogens (tertiary/aromatic N) is 1. The molecule has 6 nitrogen and oxygen atoms in total. The molecule has 1 fully saturated rings. The number of hydrogen-bond acceptors (Lipinski definition) is 6. The number of thioether (sulfide) groups is 1. The Morgan fingerprint density at radius 2 is 2.03 bits per heavy atom. The Labute approximate surface area is 218 Å². The highest BCUT2D eigenvalue weighted by molar-refractivity contribution is 9.10. The molecule has 2 aromatic rings. The first-order valence-electron chi connectivity index (χ1n) is 10.1. The van der Waals surface area contributed by atoms with Crippen LogP contribution in [0.4, 0.5) is 0 Å². The second-order valence-electron chi connectivity index (χ2n) is 7.01. The highest BCUT2D eigenvalue weighted by Gasteiger charge is 2.31. The smallest absolute Gasteiger partial charge is 0.303 e. The van der Waals surface area contributed by atoms with Crippen molar-refractivity contribution in [1.29, 1.82) is 0 Å². The second kappa shape index (κ2) is 12.0. The van der Waals surface area contributed by atoms with Crippen LogP contribution in [0, 0.1) is 0 Å². The number of halogens is 2. The molecule has 2 aromatic carbocycles. The van der Waals surface area contributed by atoms with Crippen LogP contribution in [0.15, 0.2) is 50.2 Å². The number of carboxylic acids is 1. The minimum absolute atomic E-state index is 0.0117. The lowest BCUT2D eigenvalue weighted by molar-refractivity contribution is -0.137. The van der Waals surface area contributed by atoms with Gasteiger partial charge in [0.2, 0.25) is 0 Å². The predicted octanol–water partition coefficient (Wildman–Crippen LogP) is 6.26. The third-order valence-electron chi connectivity index (χ3n) is 4.55. The van der Waals surface area contributed by atoms with Crippen LogP contribution in [0.25, 0.3) is 6.08 Å². The fourth-order valence-corrected chi connectivity index (χ4v) is 5.42. The van der Waals surface area contributed by atoms with Gasteiger partial charge in [0, 0.05) is 17.4 Å². The molecule has 0 saturated carbocycles. The van der Waals surface area contributed by atoms with E-state index in [0.717, 1.165) is 15.6 Å². The summed E-state index contributed by atoms with van der Waals surface area (Å²) in [7, 11) is 0. The van der Waals surface area contributed by atoms with Crippen LogP contribution in [0.2, 0.25) is 0 Å². The molecule has 174 valence electrons. The van der Waals surface area contributed by atoms with Gasteiger partial charge in [0.25, 0.3) is 5.91 Å². The van der Waals surface area contributed by atoms with Crippen molar-refractivity contribution < 1.29 is 24.2 Å². The minimum atomic E-state index is -0.897. The number of hydrogen-bond donors (Lipinski definition) is 1. The van der Waals surface area contributed by atoms with Gasteiger partial charge in [-0.05, 0) is 70.7 Å². The van der Waals surface area contributed by atoms with Gasteiger partial charge < -0.3 is 14.6 Å². The molecule has 1 N–H and O–H groups in total. The van der Waals surface area contributed by atoms with Crippen LogP contribution < -0.4 is 9.47 Å². The highest BCUT2D eigenvalue weighted by atomic mass is 79.9. The van der Waals surface area contributed by atoms with Crippen LogP contribution in [-0.4, -0.2) is 39.4 Å². The van der Waals surface area contributed by atoms with Gasteiger partial charge in [0.1, 0.15) is 10.9 Å². The maximum atomic E-state index is 12.8. The number of thiocarbonyl (C=S) groups is 1. The van der Waals surface area contributed by atoms with E-state index in [1.165, 1.54) is 16.7 Å². The van der Waals surface area contributed by atoms with Crippen LogP contribution in [-0.2, 0) is 16.2 Å². The number of ether oxygens (including phenoxy) is 2. The molecule has 1 saturated heterocycles. The van der Waals surface area contributed by atoms with Crippen molar-refractivity contribution in [3.05, 3.63) is 61.4 Å². The van der Waals surface area contributed by atoms with Crippen molar-refractivity contribution in [3.8, 4) is 11.5 Å². The molecule has 0 aromatic heterocycles. The fourth-order valence-electron chi connectivity index (χ4n) is 3.09.